The third-order valence-electron chi connectivity index (χ3n) is 2.35. The van der Waals surface area contributed by atoms with E-state index in [9.17, 15) is 9.59 Å². The molecule has 5 heteroatoms. The summed E-state index contributed by atoms with van der Waals surface area (Å²) in [7, 11) is 0. The highest BCUT2D eigenvalue weighted by atomic mass is 16.4. The molecule has 0 aliphatic carbocycles. The zero-order valence-corrected chi connectivity index (χ0v) is 8.80. The third kappa shape index (κ3) is 2.58. The van der Waals surface area contributed by atoms with E-state index in [1.807, 2.05) is 0 Å². The minimum absolute atomic E-state index is 0.0887. The third-order valence-corrected chi connectivity index (χ3v) is 2.35. The van der Waals surface area contributed by atoms with Gasteiger partial charge in [-0.05, 0) is 18.1 Å². The van der Waals surface area contributed by atoms with Gasteiger partial charge in [-0.25, -0.2) is 4.79 Å². The maximum absolute atomic E-state index is 10.9. The Morgan fingerprint density at radius 3 is 2.12 bits per heavy atom. The summed E-state index contributed by atoms with van der Waals surface area (Å²) in [5, 5.41) is 17.5. The molecular weight excluding hydrogens is 210 g/mol. The lowest BCUT2D eigenvalue weighted by molar-refractivity contribution is -0.143. The Bertz CT molecular complexity index is 408. The van der Waals surface area contributed by atoms with Crippen molar-refractivity contribution in [2.24, 2.45) is 5.73 Å². The fourth-order valence-corrected chi connectivity index (χ4v) is 1.27. The van der Waals surface area contributed by atoms with E-state index in [1.165, 1.54) is 19.1 Å². The van der Waals surface area contributed by atoms with Gasteiger partial charge in [-0.2, -0.15) is 0 Å². The number of aliphatic carboxylic acids is 2. The molecule has 0 radical (unpaired) electrons. The fraction of sp³-hybridized carbons (Fsp3) is 0.273. The summed E-state index contributed by atoms with van der Waals surface area (Å²) in [6, 6.07) is 6.20. The van der Waals surface area contributed by atoms with Gasteiger partial charge in [0.2, 0.25) is 0 Å². The molecule has 1 aromatic carbocycles. The van der Waals surface area contributed by atoms with E-state index in [0.717, 1.165) is 0 Å². The maximum atomic E-state index is 10.9. The van der Waals surface area contributed by atoms with Gasteiger partial charge in [0.1, 0.15) is 5.54 Å². The van der Waals surface area contributed by atoms with Crippen molar-refractivity contribution in [3.63, 3.8) is 0 Å². The zero-order valence-electron chi connectivity index (χ0n) is 8.80. The van der Waals surface area contributed by atoms with E-state index in [-0.39, 0.29) is 6.42 Å². The molecule has 0 bridgehead atoms. The molecular formula is C11H13NO4. The van der Waals surface area contributed by atoms with Crippen LogP contribution in [0.1, 0.15) is 18.1 Å². The molecule has 0 amide bonds. The van der Waals surface area contributed by atoms with Crippen molar-refractivity contribution >= 4 is 11.9 Å². The van der Waals surface area contributed by atoms with Crippen molar-refractivity contribution in [1.82, 2.24) is 0 Å². The molecule has 5 nitrogen and oxygen atoms in total. The van der Waals surface area contributed by atoms with E-state index in [0.29, 0.717) is 11.1 Å². The average molecular weight is 223 g/mol. The van der Waals surface area contributed by atoms with E-state index in [2.05, 4.69) is 0 Å². The van der Waals surface area contributed by atoms with Crippen molar-refractivity contribution in [3.8, 4) is 0 Å². The lowest BCUT2D eigenvalue weighted by Gasteiger charge is -2.19. The number of hydrogen-bond acceptors (Lipinski definition) is 3. The molecule has 16 heavy (non-hydrogen) atoms. The molecule has 86 valence electrons. The Morgan fingerprint density at radius 2 is 1.75 bits per heavy atom. The second-order valence-electron chi connectivity index (χ2n) is 3.77. The lowest BCUT2D eigenvalue weighted by atomic mass is 9.92. The Morgan fingerprint density at radius 1 is 1.25 bits per heavy atom. The molecule has 1 aromatic rings. The highest BCUT2D eigenvalue weighted by Gasteiger charge is 2.29. The van der Waals surface area contributed by atoms with Gasteiger partial charge in [-0.3, -0.25) is 4.79 Å². The molecule has 0 aliphatic heterocycles. The Kier molecular flexibility index (Phi) is 3.29. The number of carboxylic acid groups (broad SMARTS) is 2. The van der Waals surface area contributed by atoms with Gasteiger partial charge in [0.05, 0.1) is 6.42 Å². The summed E-state index contributed by atoms with van der Waals surface area (Å²) in [5.74, 6) is -2.06. The fourth-order valence-electron chi connectivity index (χ4n) is 1.27. The van der Waals surface area contributed by atoms with Crippen LogP contribution in [0.3, 0.4) is 0 Å². The van der Waals surface area contributed by atoms with E-state index in [4.69, 9.17) is 15.9 Å². The minimum atomic E-state index is -1.46. The lowest BCUT2D eigenvalue weighted by Crippen LogP contribution is -2.41. The van der Waals surface area contributed by atoms with Gasteiger partial charge in [0.25, 0.3) is 0 Å². The summed E-state index contributed by atoms with van der Waals surface area (Å²) in [5.41, 5.74) is 5.21. The largest absolute Gasteiger partial charge is 0.481 e. The van der Waals surface area contributed by atoms with Gasteiger partial charge in [0, 0.05) is 0 Å². The number of carboxylic acids is 2. The zero-order chi connectivity index (χ0) is 12.3. The predicted octanol–water partition coefficient (Wildman–Crippen LogP) is 0.572. The summed E-state index contributed by atoms with van der Waals surface area (Å²) >= 11 is 0. The Balaban J connectivity index is 2.95. The Hall–Kier alpha value is -1.88. The van der Waals surface area contributed by atoms with Crippen LogP contribution in [-0.2, 0) is 21.5 Å². The topological polar surface area (TPSA) is 101 Å². The van der Waals surface area contributed by atoms with Gasteiger partial charge in [0.15, 0.2) is 0 Å². The normalized spacial score (nSPS) is 14.1. The number of benzene rings is 1. The van der Waals surface area contributed by atoms with Crippen LogP contribution in [0.4, 0.5) is 0 Å². The average Bonchev–Trinajstić information content (AvgIpc) is 2.17. The van der Waals surface area contributed by atoms with E-state index < -0.39 is 17.5 Å². The van der Waals surface area contributed by atoms with Crippen molar-refractivity contribution < 1.29 is 19.8 Å². The number of hydrogen-bond donors (Lipinski definition) is 3. The molecule has 0 heterocycles. The minimum Gasteiger partial charge on any atom is -0.481 e. The quantitative estimate of drug-likeness (QED) is 0.692. The first-order valence-electron chi connectivity index (χ1n) is 4.67. The van der Waals surface area contributed by atoms with Crippen LogP contribution in [0.25, 0.3) is 0 Å². The molecule has 0 unspecified atom stereocenters. The second-order valence-corrected chi connectivity index (χ2v) is 3.77. The standard InChI is InChI=1S/C11H13NO4/c1-11(12,10(15)16)8-4-2-7(3-5-8)6-9(13)14/h2-5H,6,12H2,1H3,(H,13,14)(H,15,16)/t11-/m1/s1. The SMILES string of the molecule is C[C@](N)(C(=O)O)c1ccc(CC(=O)O)cc1. The first-order chi connectivity index (χ1) is 7.34. The van der Waals surface area contributed by atoms with Gasteiger partial charge in [-0.15, -0.1) is 0 Å². The molecule has 0 spiro atoms. The van der Waals surface area contributed by atoms with Crippen molar-refractivity contribution in [2.45, 2.75) is 18.9 Å². The first-order valence-corrected chi connectivity index (χ1v) is 4.67. The summed E-state index contributed by atoms with van der Waals surface area (Å²) in [4.78, 5) is 21.3. The first kappa shape index (κ1) is 12.2. The molecule has 1 atom stereocenters. The monoisotopic (exact) mass is 223 g/mol. The highest BCUT2D eigenvalue weighted by molar-refractivity contribution is 5.80. The molecule has 0 fully saturated rings. The molecule has 0 aromatic heterocycles. The Labute approximate surface area is 92.5 Å². The van der Waals surface area contributed by atoms with Crippen LogP contribution in [-0.4, -0.2) is 22.2 Å². The summed E-state index contributed by atoms with van der Waals surface area (Å²) in [6.45, 7) is 1.39. The van der Waals surface area contributed by atoms with Crippen molar-refractivity contribution in [2.75, 3.05) is 0 Å². The van der Waals surface area contributed by atoms with E-state index in [1.54, 1.807) is 12.1 Å². The molecule has 1 rings (SSSR count). The smallest absolute Gasteiger partial charge is 0.328 e. The van der Waals surface area contributed by atoms with Crippen LogP contribution >= 0.6 is 0 Å². The van der Waals surface area contributed by atoms with Crippen molar-refractivity contribution in [1.29, 1.82) is 0 Å². The van der Waals surface area contributed by atoms with E-state index >= 15 is 0 Å². The van der Waals surface area contributed by atoms with Crippen molar-refractivity contribution in [3.05, 3.63) is 35.4 Å². The van der Waals surface area contributed by atoms with Gasteiger partial charge >= 0.3 is 11.9 Å². The van der Waals surface area contributed by atoms with Gasteiger partial charge < -0.3 is 15.9 Å². The second kappa shape index (κ2) is 4.32. The van der Waals surface area contributed by atoms with Crippen LogP contribution in [0.5, 0.6) is 0 Å². The predicted molar refractivity (Wildman–Crippen MR) is 57.0 cm³/mol. The van der Waals surface area contributed by atoms with Crippen LogP contribution in [0.15, 0.2) is 24.3 Å². The maximum Gasteiger partial charge on any atom is 0.328 e. The summed E-state index contributed by atoms with van der Waals surface area (Å²) < 4.78 is 0. The molecule has 4 N–H and O–H groups in total. The number of rotatable bonds is 4. The van der Waals surface area contributed by atoms with Crippen LogP contribution in [0.2, 0.25) is 0 Å². The molecule has 0 saturated carbocycles. The molecule has 0 saturated heterocycles. The number of carbonyl (C=O) groups is 2. The molecule has 0 aliphatic rings. The summed E-state index contributed by atoms with van der Waals surface area (Å²) in [6.07, 6.45) is -0.0887. The van der Waals surface area contributed by atoms with Gasteiger partial charge in [-0.1, -0.05) is 24.3 Å². The van der Waals surface area contributed by atoms with Crippen LogP contribution < -0.4 is 5.73 Å². The van der Waals surface area contributed by atoms with Crippen LogP contribution in [0, 0.1) is 0 Å². The highest BCUT2D eigenvalue weighted by Crippen LogP contribution is 2.18. The number of nitrogens with two attached hydrogens (primary N) is 1.